The lowest BCUT2D eigenvalue weighted by Crippen LogP contribution is -2.38. The van der Waals surface area contributed by atoms with Crippen molar-refractivity contribution in [2.24, 2.45) is 0 Å². The van der Waals surface area contributed by atoms with Gasteiger partial charge >= 0.3 is 0 Å². The summed E-state index contributed by atoms with van der Waals surface area (Å²) in [5.41, 5.74) is 1.13. The molecule has 0 saturated carbocycles. The molecule has 2 heterocycles. The monoisotopic (exact) mass is 260 g/mol. The van der Waals surface area contributed by atoms with Gasteiger partial charge in [0.15, 0.2) is 10.8 Å². The number of hydrogen-bond acceptors (Lipinski definition) is 2. The van der Waals surface area contributed by atoms with Gasteiger partial charge in [0, 0.05) is 11.4 Å². The molecule has 0 saturated heterocycles. The number of aromatic nitrogens is 1. The Balaban J connectivity index is 2.88. The lowest BCUT2D eigenvalue weighted by Gasteiger charge is -2.13. The normalized spacial score (nSPS) is 13.3. The third-order valence-corrected chi connectivity index (χ3v) is 4.84. The van der Waals surface area contributed by atoms with Crippen LogP contribution in [-0.2, 0) is 0 Å². The highest BCUT2D eigenvalue weighted by molar-refractivity contribution is 6.91. The van der Waals surface area contributed by atoms with E-state index < -0.39 is 8.07 Å². The second-order valence-electron chi connectivity index (χ2n) is 4.40. The van der Waals surface area contributed by atoms with Crippen molar-refractivity contribution >= 4 is 47.6 Å². The molecule has 15 heavy (non-hydrogen) atoms. The molecule has 0 unspecified atom stereocenters. The van der Waals surface area contributed by atoms with Crippen LogP contribution < -0.4 is 5.19 Å². The zero-order valence-electron chi connectivity index (χ0n) is 9.69. The third kappa shape index (κ3) is 1.79. The second kappa shape index (κ2) is 3.51. The van der Waals surface area contributed by atoms with Crippen LogP contribution in [0.3, 0.4) is 0 Å². The maximum atomic E-state index is 7.55. The molecule has 0 spiro atoms. The number of pyridine rings is 1. The Morgan fingerprint density at radius 3 is 2.67 bits per heavy atom. The van der Waals surface area contributed by atoms with Gasteiger partial charge in [-0.2, -0.15) is 0 Å². The van der Waals surface area contributed by atoms with E-state index in [1.807, 2.05) is 0 Å². The first-order valence-electron chi connectivity index (χ1n) is 5.06. The van der Waals surface area contributed by atoms with Crippen molar-refractivity contribution in [1.29, 1.82) is 0 Å². The van der Waals surface area contributed by atoms with Crippen LogP contribution in [0.5, 0.6) is 0 Å². The van der Waals surface area contributed by atoms with E-state index in [2.05, 4.69) is 24.6 Å². The van der Waals surface area contributed by atoms with Crippen LogP contribution in [0.1, 0.15) is 1.37 Å². The van der Waals surface area contributed by atoms with Crippen molar-refractivity contribution in [1.82, 2.24) is 4.98 Å². The average molecular weight is 261 g/mol. The number of hydrogen-bond donors (Lipinski definition) is 0. The van der Waals surface area contributed by atoms with E-state index in [0.29, 0.717) is 16.3 Å². The second-order valence-corrected chi connectivity index (χ2v) is 10.1. The van der Waals surface area contributed by atoms with Gasteiger partial charge in [-0.25, -0.2) is 0 Å². The summed E-state index contributed by atoms with van der Waals surface area (Å²) >= 11 is 12.1. The van der Waals surface area contributed by atoms with Gasteiger partial charge in [-0.05, 0) is 17.6 Å². The van der Waals surface area contributed by atoms with Crippen molar-refractivity contribution in [3.8, 4) is 0 Å². The minimum absolute atomic E-state index is 0.154. The van der Waals surface area contributed by atoms with Gasteiger partial charge in [0.1, 0.15) is 5.52 Å². The quantitative estimate of drug-likeness (QED) is 0.732. The molecule has 2 rings (SSSR count). The van der Waals surface area contributed by atoms with Crippen LogP contribution in [0.25, 0.3) is 11.1 Å². The number of fused-ring (bicyclic) bond motifs is 1. The average Bonchev–Trinajstić information content (AvgIpc) is 2.48. The standard InChI is InChI=1S/C10H11Cl2NOSi/c1-15(2,3)9-7-8(14-10(9)12)6(11)4-5-13-7/h4-5H,1-3H3/i4D. The molecule has 0 aromatic carbocycles. The SMILES string of the molecule is [2H]c1cnc2c([Si](C)(C)C)c(Cl)oc2c1Cl. The fourth-order valence-electron chi connectivity index (χ4n) is 1.54. The molecular weight excluding hydrogens is 249 g/mol. The fraction of sp³-hybridized carbons (Fsp3) is 0.300. The number of nitrogens with zero attached hydrogens (tertiary/aromatic N) is 1. The van der Waals surface area contributed by atoms with E-state index >= 15 is 0 Å². The van der Waals surface area contributed by atoms with Gasteiger partial charge in [-0.3, -0.25) is 4.98 Å². The Hall–Kier alpha value is -0.513. The van der Waals surface area contributed by atoms with Crippen molar-refractivity contribution < 1.29 is 5.79 Å². The molecule has 0 aliphatic rings. The van der Waals surface area contributed by atoms with Crippen LogP contribution >= 0.6 is 23.2 Å². The van der Waals surface area contributed by atoms with Crippen molar-refractivity contribution in [3.63, 3.8) is 0 Å². The highest BCUT2D eigenvalue weighted by Gasteiger charge is 2.27. The Bertz CT molecular complexity index is 562. The van der Waals surface area contributed by atoms with E-state index in [-0.39, 0.29) is 11.1 Å². The van der Waals surface area contributed by atoms with E-state index in [4.69, 9.17) is 29.0 Å². The summed E-state index contributed by atoms with van der Waals surface area (Å²) < 4.78 is 13.0. The van der Waals surface area contributed by atoms with Gasteiger partial charge < -0.3 is 4.42 Å². The highest BCUT2D eigenvalue weighted by atomic mass is 35.5. The highest BCUT2D eigenvalue weighted by Crippen LogP contribution is 2.28. The van der Waals surface area contributed by atoms with E-state index in [1.54, 1.807) is 0 Å². The van der Waals surface area contributed by atoms with Crippen molar-refractivity contribution in [3.05, 3.63) is 22.5 Å². The Kier molecular flexibility index (Phi) is 2.27. The predicted molar refractivity (Wildman–Crippen MR) is 67.0 cm³/mol. The first-order chi connectivity index (χ1) is 7.32. The van der Waals surface area contributed by atoms with Crippen LogP contribution in [0.2, 0.25) is 29.9 Å². The summed E-state index contributed by atoms with van der Waals surface area (Å²) in [6.45, 7) is 6.48. The Morgan fingerprint density at radius 1 is 1.40 bits per heavy atom. The first kappa shape index (κ1) is 9.69. The molecule has 80 valence electrons. The topological polar surface area (TPSA) is 26.0 Å². The summed E-state index contributed by atoms with van der Waals surface area (Å²) in [4.78, 5) is 4.21. The Morgan fingerprint density at radius 2 is 2.07 bits per heavy atom. The molecule has 0 amide bonds. The largest absolute Gasteiger partial charge is 0.442 e. The number of halogens is 2. The fourth-order valence-corrected chi connectivity index (χ4v) is 4.26. The zero-order valence-corrected chi connectivity index (χ0v) is 11.2. The summed E-state index contributed by atoms with van der Waals surface area (Å²) in [6.07, 6.45) is 1.43. The summed E-state index contributed by atoms with van der Waals surface area (Å²) in [7, 11) is -1.64. The third-order valence-electron chi connectivity index (χ3n) is 2.17. The zero-order chi connectivity index (χ0) is 12.1. The van der Waals surface area contributed by atoms with Gasteiger partial charge in [-0.1, -0.05) is 31.2 Å². The van der Waals surface area contributed by atoms with Crippen molar-refractivity contribution in [2.45, 2.75) is 19.6 Å². The van der Waals surface area contributed by atoms with Crippen LogP contribution in [0.4, 0.5) is 0 Å². The molecule has 5 heteroatoms. The molecule has 0 fully saturated rings. The molecule has 0 radical (unpaired) electrons. The molecule has 0 bridgehead atoms. The lowest BCUT2D eigenvalue weighted by molar-refractivity contribution is 0.619. The van der Waals surface area contributed by atoms with Crippen LogP contribution in [0, 0.1) is 0 Å². The maximum Gasteiger partial charge on any atom is 0.195 e. The first-order valence-corrected chi connectivity index (χ1v) is 8.81. The molecule has 2 aromatic rings. The van der Waals surface area contributed by atoms with E-state index in [9.17, 15) is 0 Å². The van der Waals surface area contributed by atoms with Crippen LogP contribution in [0.15, 0.2) is 16.7 Å². The minimum atomic E-state index is -1.64. The van der Waals surface area contributed by atoms with E-state index in [1.165, 1.54) is 6.20 Å². The van der Waals surface area contributed by atoms with Gasteiger partial charge in [0.2, 0.25) is 0 Å². The van der Waals surface area contributed by atoms with Crippen molar-refractivity contribution in [2.75, 3.05) is 0 Å². The summed E-state index contributed by atoms with van der Waals surface area (Å²) in [5, 5.41) is 1.59. The lowest BCUT2D eigenvalue weighted by atomic mass is 10.4. The van der Waals surface area contributed by atoms with E-state index in [0.717, 1.165) is 5.19 Å². The summed E-state index contributed by atoms with van der Waals surface area (Å²) in [5.74, 6) is 0. The molecule has 2 nitrogen and oxygen atoms in total. The van der Waals surface area contributed by atoms with Gasteiger partial charge in [0.25, 0.3) is 0 Å². The number of rotatable bonds is 1. The van der Waals surface area contributed by atoms with Crippen LogP contribution in [-0.4, -0.2) is 13.1 Å². The van der Waals surface area contributed by atoms with Gasteiger partial charge in [0.05, 0.1) is 14.5 Å². The Labute approximate surface area is 101 Å². The predicted octanol–water partition coefficient (Wildman–Crippen LogP) is 3.68. The van der Waals surface area contributed by atoms with Gasteiger partial charge in [-0.15, -0.1) is 0 Å². The maximum absolute atomic E-state index is 7.55. The minimum Gasteiger partial charge on any atom is -0.442 e. The molecule has 0 atom stereocenters. The molecular formula is C10H11Cl2NOSi. The number of furan rings is 1. The molecule has 0 aliphatic carbocycles. The molecule has 0 N–H and O–H groups in total. The molecule has 2 aromatic heterocycles. The summed E-state index contributed by atoms with van der Waals surface area (Å²) in [6, 6.07) is 0.154. The molecule has 0 aliphatic heterocycles. The smallest absolute Gasteiger partial charge is 0.195 e.